The van der Waals surface area contributed by atoms with Crippen LogP contribution in [0.3, 0.4) is 0 Å². The van der Waals surface area contributed by atoms with Crippen molar-refractivity contribution in [2.24, 2.45) is 0 Å². The van der Waals surface area contributed by atoms with Gasteiger partial charge in [0.1, 0.15) is 29.9 Å². The standard InChI is InChI=1S/C14H14N4O3/c1-19-10-4-3-9(11(5-10)20-2)6-21-14-12-13(16-7-15-12)17-8-18-14/h3-5,7-8H,6H2,1-2H3,(H,15,16,17,18). The number of H-pyrrole nitrogens is 1. The highest BCUT2D eigenvalue weighted by Gasteiger charge is 2.10. The minimum Gasteiger partial charge on any atom is -0.497 e. The van der Waals surface area contributed by atoms with Crippen molar-refractivity contribution in [3.63, 3.8) is 0 Å². The number of aromatic nitrogens is 4. The minimum atomic E-state index is 0.318. The third-order valence-electron chi connectivity index (χ3n) is 3.05. The van der Waals surface area contributed by atoms with Gasteiger partial charge < -0.3 is 19.2 Å². The molecule has 0 aliphatic heterocycles. The summed E-state index contributed by atoms with van der Waals surface area (Å²) in [6, 6.07) is 5.56. The van der Waals surface area contributed by atoms with Crippen molar-refractivity contribution >= 4 is 11.2 Å². The number of ether oxygens (including phenoxy) is 3. The van der Waals surface area contributed by atoms with Crippen LogP contribution in [-0.4, -0.2) is 34.2 Å². The van der Waals surface area contributed by atoms with E-state index in [1.54, 1.807) is 20.5 Å². The summed E-state index contributed by atoms with van der Waals surface area (Å²) in [6.45, 7) is 0.318. The molecule has 0 spiro atoms. The van der Waals surface area contributed by atoms with Gasteiger partial charge in [0.15, 0.2) is 5.65 Å². The zero-order valence-corrected chi connectivity index (χ0v) is 11.7. The summed E-state index contributed by atoms with van der Waals surface area (Å²) >= 11 is 0. The molecular weight excluding hydrogens is 272 g/mol. The number of benzene rings is 1. The number of aromatic amines is 1. The SMILES string of the molecule is COc1ccc(COc2ncnc3nc[nH]c23)c(OC)c1. The van der Waals surface area contributed by atoms with E-state index in [2.05, 4.69) is 19.9 Å². The smallest absolute Gasteiger partial charge is 0.243 e. The lowest BCUT2D eigenvalue weighted by molar-refractivity contribution is 0.288. The fourth-order valence-electron chi connectivity index (χ4n) is 1.97. The molecule has 1 N–H and O–H groups in total. The van der Waals surface area contributed by atoms with Gasteiger partial charge in [-0.05, 0) is 12.1 Å². The number of rotatable bonds is 5. The van der Waals surface area contributed by atoms with Crippen molar-refractivity contribution in [2.75, 3.05) is 14.2 Å². The number of hydrogen-bond acceptors (Lipinski definition) is 6. The Morgan fingerprint density at radius 1 is 1.10 bits per heavy atom. The summed E-state index contributed by atoms with van der Waals surface area (Å²) in [5.74, 6) is 1.88. The van der Waals surface area contributed by atoms with Gasteiger partial charge in [-0.25, -0.2) is 9.97 Å². The summed E-state index contributed by atoms with van der Waals surface area (Å²) in [5, 5.41) is 0. The first-order valence-corrected chi connectivity index (χ1v) is 6.29. The van der Waals surface area contributed by atoms with Crippen LogP contribution in [0.25, 0.3) is 11.2 Å². The molecule has 3 aromatic rings. The molecule has 21 heavy (non-hydrogen) atoms. The molecule has 7 nitrogen and oxygen atoms in total. The van der Waals surface area contributed by atoms with Gasteiger partial charge in [0, 0.05) is 11.6 Å². The summed E-state index contributed by atoms with van der Waals surface area (Å²) in [4.78, 5) is 15.2. The fourth-order valence-corrected chi connectivity index (χ4v) is 1.97. The molecule has 0 fully saturated rings. The summed E-state index contributed by atoms with van der Waals surface area (Å²) < 4.78 is 16.2. The molecule has 2 aromatic heterocycles. The second-order valence-electron chi connectivity index (χ2n) is 4.25. The normalized spacial score (nSPS) is 10.6. The molecule has 0 unspecified atom stereocenters. The molecular formula is C14H14N4O3. The van der Waals surface area contributed by atoms with E-state index >= 15 is 0 Å². The van der Waals surface area contributed by atoms with Gasteiger partial charge in [-0.15, -0.1) is 0 Å². The topological polar surface area (TPSA) is 82.2 Å². The average molecular weight is 286 g/mol. The van der Waals surface area contributed by atoms with E-state index in [4.69, 9.17) is 14.2 Å². The van der Waals surface area contributed by atoms with E-state index < -0.39 is 0 Å². The Labute approximate surface area is 120 Å². The van der Waals surface area contributed by atoms with E-state index in [0.29, 0.717) is 29.4 Å². The molecule has 0 atom stereocenters. The Kier molecular flexibility index (Phi) is 3.55. The number of methoxy groups -OCH3 is 2. The van der Waals surface area contributed by atoms with Crippen molar-refractivity contribution in [3.8, 4) is 17.4 Å². The van der Waals surface area contributed by atoms with E-state index in [1.807, 2.05) is 18.2 Å². The van der Waals surface area contributed by atoms with Gasteiger partial charge in [0.25, 0.3) is 0 Å². The molecule has 0 saturated carbocycles. The summed E-state index contributed by atoms with van der Waals surface area (Å²) in [5.41, 5.74) is 2.14. The van der Waals surface area contributed by atoms with Crippen LogP contribution in [0.2, 0.25) is 0 Å². The van der Waals surface area contributed by atoms with E-state index in [1.165, 1.54) is 6.33 Å². The van der Waals surface area contributed by atoms with Crippen molar-refractivity contribution < 1.29 is 14.2 Å². The predicted molar refractivity (Wildman–Crippen MR) is 75.6 cm³/mol. The minimum absolute atomic E-state index is 0.318. The third-order valence-corrected chi connectivity index (χ3v) is 3.05. The predicted octanol–water partition coefficient (Wildman–Crippen LogP) is 1.95. The zero-order valence-electron chi connectivity index (χ0n) is 11.7. The highest BCUT2D eigenvalue weighted by atomic mass is 16.5. The van der Waals surface area contributed by atoms with Gasteiger partial charge in [-0.2, -0.15) is 4.98 Å². The molecule has 7 heteroatoms. The number of hydrogen-bond donors (Lipinski definition) is 1. The van der Waals surface area contributed by atoms with Gasteiger partial charge in [-0.1, -0.05) is 0 Å². The molecule has 0 saturated heterocycles. The highest BCUT2D eigenvalue weighted by molar-refractivity contribution is 5.74. The van der Waals surface area contributed by atoms with Gasteiger partial charge in [0.2, 0.25) is 5.88 Å². The Hall–Kier alpha value is -2.83. The number of nitrogens with zero attached hydrogens (tertiary/aromatic N) is 3. The van der Waals surface area contributed by atoms with Crippen molar-refractivity contribution in [1.82, 2.24) is 19.9 Å². The average Bonchev–Trinajstić information content (AvgIpc) is 3.01. The largest absolute Gasteiger partial charge is 0.497 e. The second kappa shape index (κ2) is 5.66. The molecule has 0 bridgehead atoms. The molecule has 0 aliphatic carbocycles. The van der Waals surface area contributed by atoms with Crippen molar-refractivity contribution in [3.05, 3.63) is 36.4 Å². The Balaban J connectivity index is 1.83. The molecule has 108 valence electrons. The van der Waals surface area contributed by atoms with E-state index in [-0.39, 0.29) is 0 Å². The quantitative estimate of drug-likeness (QED) is 0.772. The van der Waals surface area contributed by atoms with Gasteiger partial charge >= 0.3 is 0 Å². The van der Waals surface area contributed by atoms with Crippen molar-refractivity contribution in [2.45, 2.75) is 6.61 Å². The van der Waals surface area contributed by atoms with E-state index in [9.17, 15) is 0 Å². The lowest BCUT2D eigenvalue weighted by Crippen LogP contribution is -2.01. The third kappa shape index (κ3) is 2.58. The maximum absolute atomic E-state index is 5.74. The van der Waals surface area contributed by atoms with Gasteiger partial charge in [0.05, 0.1) is 20.5 Å². The Bertz CT molecular complexity index is 757. The van der Waals surface area contributed by atoms with Crippen LogP contribution >= 0.6 is 0 Å². The monoisotopic (exact) mass is 286 g/mol. The molecule has 1 aromatic carbocycles. The van der Waals surface area contributed by atoms with Crippen LogP contribution in [0.15, 0.2) is 30.9 Å². The van der Waals surface area contributed by atoms with Crippen LogP contribution in [0, 0.1) is 0 Å². The first kappa shape index (κ1) is 13.2. The molecule has 2 heterocycles. The van der Waals surface area contributed by atoms with Crippen LogP contribution in [-0.2, 0) is 6.61 Å². The van der Waals surface area contributed by atoms with E-state index in [0.717, 1.165) is 11.3 Å². The number of imidazole rings is 1. The first-order valence-electron chi connectivity index (χ1n) is 6.29. The van der Waals surface area contributed by atoms with Crippen LogP contribution in [0.4, 0.5) is 0 Å². The van der Waals surface area contributed by atoms with Crippen LogP contribution < -0.4 is 14.2 Å². The fraction of sp³-hybridized carbons (Fsp3) is 0.214. The number of fused-ring (bicyclic) bond motifs is 1. The zero-order chi connectivity index (χ0) is 14.7. The molecule has 0 amide bonds. The Morgan fingerprint density at radius 3 is 2.81 bits per heavy atom. The lowest BCUT2D eigenvalue weighted by atomic mass is 10.2. The molecule has 3 rings (SSSR count). The Morgan fingerprint density at radius 2 is 2.00 bits per heavy atom. The molecule has 0 radical (unpaired) electrons. The second-order valence-corrected chi connectivity index (χ2v) is 4.25. The summed E-state index contributed by atoms with van der Waals surface area (Å²) in [7, 11) is 3.22. The van der Waals surface area contributed by atoms with Crippen LogP contribution in [0.1, 0.15) is 5.56 Å². The van der Waals surface area contributed by atoms with Crippen LogP contribution in [0.5, 0.6) is 17.4 Å². The lowest BCUT2D eigenvalue weighted by Gasteiger charge is -2.11. The summed E-state index contributed by atoms with van der Waals surface area (Å²) in [6.07, 6.45) is 2.98. The molecule has 0 aliphatic rings. The first-order chi connectivity index (χ1) is 10.3. The maximum atomic E-state index is 5.74. The van der Waals surface area contributed by atoms with Gasteiger partial charge in [-0.3, -0.25) is 0 Å². The van der Waals surface area contributed by atoms with Crippen molar-refractivity contribution in [1.29, 1.82) is 0 Å². The number of nitrogens with one attached hydrogen (secondary N) is 1. The maximum Gasteiger partial charge on any atom is 0.243 e. The highest BCUT2D eigenvalue weighted by Crippen LogP contribution is 2.26.